The van der Waals surface area contributed by atoms with Gasteiger partial charge in [0.05, 0.1) is 12.2 Å². The summed E-state index contributed by atoms with van der Waals surface area (Å²) in [5.74, 6) is 0.712. The van der Waals surface area contributed by atoms with Crippen LogP contribution in [0, 0.1) is 0 Å². The number of allylic oxidation sites excluding steroid dienone is 1. The monoisotopic (exact) mass is 250 g/mol. The zero-order valence-electron chi connectivity index (χ0n) is 11.2. The van der Waals surface area contributed by atoms with Crippen LogP contribution in [0.4, 0.5) is 0 Å². The molecular weight excluding hydrogens is 228 g/mol. The minimum Gasteiger partial charge on any atom is -0.491 e. The molecule has 0 bridgehead atoms. The lowest BCUT2D eigenvalue weighted by atomic mass is 9.90. The highest BCUT2D eigenvalue weighted by atomic mass is 16.5. The molecule has 1 rings (SSSR count). The summed E-state index contributed by atoms with van der Waals surface area (Å²) in [5, 5.41) is 10.5. The molecule has 0 aliphatic heterocycles. The van der Waals surface area contributed by atoms with Crippen molar-refractivity contribution in [2.45, 2.75) is 25.4 Å². The zero-order chi connectivity index (χ0) is 13.4. The largest absolute Gasteiger partial charge is 0.491 e. The van der Waals surface area contributed by atoms with Gasteiger partial charge < -0.3 is 14.6 Å². The van der Waals surface area contributed by atoms with Crippen molar-refractivity contribution in [2.75, 3.05) is 20.3 Å². The minimum atomic E-state index is -0.905. The van der Waals surface area contributed by atoms with Crippen molar-refractivity contribution in [3.05, 3.63) is 42.5 Å². The normalized spacial score (nSPS) is 13.9. The lowest BCUT2D eigenvalue weighted by molar-refractivity contribution is 0.0445. The van der Waals surface area contributed by atoms with Crippen LogP contribution in [0.3, 0.4) is 0 Å². The van der Waals surface area contributed by atoms with E-state index < -0.39 is 5.60 Å². The molecule has 0 heterocycles. The van der Waals surface area contributed by atoms with Crippen LogP contribution in [0.2, 0.25) is 0 Å². The van der Waals surface area contributed by atoms with Gasteiger partial charge in [-0.05, 0) is 25.8 Å². The summed E-state index contributed by atoms with van der Waals surface area (Å²) in [4.78, 5) is 0. The summed E-state index contributed by atoms with van der Waals surface area (Å²) >= 11 is 0. The van der Waals surface area contributed by atoms with Gasteiger partial charge in [0.15, 0.2) is 0 Å². The van der Waals surface area contributed by atoms with Crippen LogP contribution in [0.15, 0.2) is 36.9 Å². The first-order valence-corrected chi connectivity index (χ1v) is 6.16. The summed E-state index contributed by atoms with van der Waals surface area (Å²) in [5.41, 5.74) is -0.0966. The van der Waals surface area contributed by atoms with E-state index in [4.69, 9.17) is 9.47 Å². The molecule has 1 aromatic carbocycles. The van der Waals surface area contributed by atoms with Gasteiger partial charge in [0.2, 0.25) is 0 Å². The third kappa shape index (κ3) is 4.17. The first kappa shape index (κ1) is 14.7. The highest BCUT2D eigenvalue weighted by Gasteiger charge is 2.25. The summed E-state index contributed by atoms with van der Waals surface area (Å²) in [6.07, 6.45) is 3.20. The minimum absolute atomic E-state index is 0.477. The molecule has 0 aliphatic carbocycles. The van der Waals surface area contributed by atoms with Crippen LogP contribution >= 0.6 is 0 Å². The Bertz CT molecular complexity index is 372. The average Bonchev–Trinajstić information content (AvgIpc) is 2.37. The molecule has 0 aromatic heterocycles. The predicted octanol–water partition coefficient (Wildman–Crippen LogP) is 2.89. The predicted molar refractivity (Wildman–Crippen MR) is 72.8 cm³/mol. The van der Waals surface area contributed by atoms with Crippen LogP contribution in [0.1, 0.15) is 25.3 Å². The molecule has 3 nitrogen and oxygen atoms in total. The van der Waals surface area contributed by atoms with E-state index in [-0.39, 0.29) is 0 Å². The maximum absolute atomic E-state index is 10.5. The third-order valence-electron chi connectivity index (χ3n) is 2.85. The van der Waals surface area contributed by atoms with E-state index in [9.17, 15) is 5.11 Å². The molecule has 1 N–H and O–H groups in total. The van der Waals surface area contributed by atoms with Crippen LogP contribution in [0.25, 0.3) is 0 Å². The van der Waals surface area contributed by atoms with E-state index >= 15 is 0 Å². The summed E-state index contributed by atoms with van der Waals surface area (Å²) in [6.45, 7) is 6.49. The standard InChI is InChI=1S/C15H22O3/c1-4-5-10-15(2,16)13-8-6-7-9-14(13)18-12-11-17-3/h4,6-9,16H,1,5,10-12H2,2-3H3. The second-order valence-corrected chi connectivity index (χ2v) is 4.44. The van der Waals surface area contributed by atoms with Gasteiger partial charge in [-0.1, -0.05) is 24.3 Å². The van der Waals surface area contributed by atoms with Crippen molar-refractivity contribution in [1.82, 2.24) is 0 Å². The van der Waals surface area contributed by atoms with Crippen LogP contribution < -0.4 is 4.74 Å². The molecular formula is C15H22O3. The number of benzene rings is 1. The van der Waals surface area contributed by atoms with E-state index in [0.717, 1.165) is 12.0 Å². The molecule has 0 saturated carbocycles. The molecule has 0 saturated heterocycles. The van der Waals surface area contributed by atoms with Crippen LogP contribution in [0.5, 0.6) is 5.75 Å². The topological polar surface area (TPSA) is 38.7 Å². The maximum atomic E-state index is 10.5. The van der Waals surface area contributed by atoms with Gasteiger partial charge >= 0.3 is 0 Å². The van der Waals surface area contributed by atoms with E-state index in [1.807, 2.05) is 30.3 Å². The van der Waals surface area contributed by atoms with E-state index in [0.29, 0.717) is 25.4 Å². The Balaban J connectivity index is 2.82. The van der Waals surface area contributed by atoms with Gasteiger partial charge in [-0.15, -0.1) is 6.58 Å². The fraction of sp³-hybridized carbons (Fsp3) is 0.467. The molecule has 1 unspecified atom stereocenters. The quantitative estimate of drug-likeness (QED) is 0.569. The highest BCUT2D eigenvalue weighted by Crippen LogP contribution is 2.33. The fourth-order valence-corrected chi connectivity index (χ4v) is 1.79. The smallest absolute Gasteiger partial charge is 0.125 e. The average molecular weight is 250 g/mol. The first-order valence-electron chi connectivity index (χ1n) is 6.16. The van der Waals surface area contributed by atoms with Gasteiger partial charge in [-0.2, -0.15) is 0 Å². The summed E-state index contributed by atoms with van der Waals surface area (Å²) < 4.78 is 10.6. The molecule has 3 heteroatoms. The first-order chi connectivity index (χ1) is 8.61. The molecule has 0 spiro atoms. The molecule has 18 heavy (non-hydrogen) atoms. The Morgan fingerprint density at radius 1 is 1.33 bits per heavy atom. The van der Waals surface area contributed by atoms with Gasteiger partial charge in [0, 0.05) is 12.7 Å². The molecule has 0 amide bonds. The molecule has 0 radical (unpaired) electrons. The fourth-order valence-electron chi connectivity index (χ4n) is 1.79. The summed E-state index contributed by atoms with van der Waals surface area (Å²) in [6, 6.07) is 7.56. The van der Waals surface area contributed by atoms with Crippen molar-refractivity contribution in [1.29, 1.82) is 0 Å². The van der Waals surface area contributed by atoms with Gasteiger partial charge in [0.1, 0.15) is 12.4 Å². The number of methoxy groups -OCH3 is 1. The molecule has 0 aliphatic rings. The Hall–Kier alpha value is -1.32. The Labute approximate surface area is 109 Å². The second-order valence-electron chi connectivity index (χ2n) is 4.44. The van der Waals surface area contributed by atoms with Crippen LogP contribution in [-0.2, 0) is 10.3 Å². The van der Waals surface area contributed by atoms with Crippen molar-refractivity contribution >= 4 is 0 Å². The van der Waals surface area contributed by atoms with Crippen molar-refractivity contribution in [2.24, 2.45) is 0 Å². The molecule has 1 atom stereocenters. The van der Waals surface area contributed by atoms with Crippen molar-refractivity contribution in [3.8, 4) is 5.75 Å². The number of hydrogen-bond acceptors (Lipinski definition) is 3. The van der Waals surface area contributed by atoms with E-state index in [1.54, 1.807) is 14.0 Å². The molecule has 0 fully saturated rings. The number of aliphatic hydroxyl groups is 1. The lowest BCUT2D eigenvalue weighted by Crippen LogP contribution is -2.22. The van der Waals surface area contributed by atoms with E-state index in [1.165, 1.54) is 0 Å². The number of ether oxygens (including phenoxy) is 2. The Morgan fingerprint density at radius 2 is 2.06 bits per heavy atom. The van der Waals surface area contributed by atoms with Crippen molar-refractivity contribution < 1.29 is 14.6 Å². The van der Waals surface area contributed by atoms with Crippen molar-refractivity contribution in [3.63, 3.8) is 0 Å². The molecule has 1 aromatic rings. The molecule has 100 valence electrons. The number of para-hydroxylation sites is 1. The number of rotatable bonds is 8. The van der Waals surface area contributed by atoms with E-state index in [2.05, 4.69) is 6.58 Å². The second kappa shape index (κ2) is 7.19. The lowest BCUT2D eigenvalue weighted by Gasteiger charge is -2.25. The third-order valence-corrected chi connectivity index (χ3v) is 2.85. The van der Waals surface area contributed by atoms with Crippen LogP contribution in [-0.4, -0.2) is 25.4 Å². The van der Waals surface area contributed by atoms with Gasteiger partial charge in [-0.3, -0.25) is 0 Å². The Kier molecular flexibility index (Phi) is 5.89. The zero-order valence-corrected chi connectivity index (χ0v) is 11.2. The highest BCUT2D eigenvalue weighted by molar-refractivity contribution is 5.37. The Morgan fingerprint density at radius 3 is 2.72 bits per heavy atom. The number of hydrogen-bond donors (Lipinski definition) is 1. The maximum Gasteiger partial charge on any atom is 0.125 e. The van der Waals surface area contributed by atoms with Gasteiger partial charge in [-0.25, -0.2) is 0 Å². The summed E-state index contributed by atoms with van der Waals surface area (Å²) in [7, 11) is 1.63. The van der Waals surface area contributed by atoms with Gasteiger partial charge in [0.25, 0.3) is 0 Å². The SMILES string of the molecule is C=CCCC(C)(O)c1ccccc1OCCOC.